The molecule has 0 spiro atoms. The Morgan fingerprint density at radius 1 is 1.08 bits per heavy atom. The van der Waals surface area contributed by atoms with Gasteiger partial charge in [0.1, 0.15) is 12.4 Å². The maximum atomic E-state index is 12.6. The second-order valence-electron chi connectivity index (χ2n) is 6.37. The standard InChI is InChI=1S/C20H24N2O2/c21-17-12-11-16(13-17)20(23)22-19(15-7-3-1-4-8-15)14-24-18-9-5-2-6-10-18/h1-10,16-17,19H,11-14,21H2,(H,22,23). The number of carbonyl (C=O) groups excluding carboxylic acids is 1. The lowest BCUT2D eigenvalue weighted by Crippen LogP contribution is -2.36. The first kappa shape index (κ1) is 16.5. The molecule has 0 radical (unpaired) electrons. The van der Waals surface area contributed by atoms with Gasteiger partial charge in [-0.15, -0.1) is 0 Å². The van der Waals surface area contributed by atoms with Crippen LogP contribution in [-0.4, -0.2) is 18.6 Å². The summed E-state index contributed by atoms with van der Waals surface area (Å²) in [6.45, 7) is 0.401. The van der Waals surface area contributed by atoms with Gasteiger partial charge in [-0.25, -0.2) is 0 Å². The van der Waals surface area contributed by atoms with E-state index < -0.39 is 0 Å². The van der Waals surface area contributed by atoms with Crippen LogP contribution in [0.5, 0.6) is 5.75 Å². The molecule has 0 aromatic heterocycles. The summed E-state index contributed by atoms with van der Waals surface area (Å²) < 4.78 is 5.87. The Balaban J connectivity index is 1.67. The second kappa shape index (κ2) is 7.97. The van der Waals surface area contributed by atoms with Crippen LogP contribution >= 0.6 is 0 Å². The van der Waals surface area contributed by atoms with Crippen molar-refractivity contribution in [2.45, 2.75) is 31.3 Å². The third-order valence-corrected chi connectivity index (χ3v) is 4.52. The number of carbonyl (C=O) groups is 1. The fourth-order valence-corrected chi connectivity index (χ4v) is 3.15. The number of amides is 1. The van der Waals surface area contributed by atoms with Crippen molar-refractivity contribution < 1.29 is 9.53 Å². The normalized spacial score (nSPS) is 21.2. The van der Waals surface area contributed by atoms with Crippen LogP contribution in [0.15, 0.2) is 60.7 Å². The minimum absolute atomic E-state index is 0.0166. The molecule has 1 aliphatic carbocycles. The summed E-state index contributed by atoms with van der Waals surface area (Å²) >= 11 is 0. The highest BCUT2D eigenvalue weighted by atomic mass is 16.5. The van der Waals surface area contributed by atoms with Gasteiger partial charge in [-0.2, -0.15) is 0 Å². The maximum Gasteiger partial charge on any atom is 0.223 e. The Labute approximate surface area is 143 Å². The summed E-state index contributed by atoms with van der Waals surface area (Å²) in [6.07, 6.45) is 2.57. The van der Waals surface area contributed by atoms with E-state index in [1.165, 1.54) is 0 Å². The zero-order valence-corrected chi connectivity index (χ0v) is 13.7. The summed E-state index contributed by atoms with van der Waals surface area (Å²) in [5.74, 6) is 0.895. The largest absolute Gasteiger partial charge is 0.491 e. The van der Waals surface area contributed by atoms with Crippen molar-refractivity contribution in [3.8, 4) is 5.75 Å². The molecule has 3 rings (SSSR count). The number of nitrogens with one attached hydrogen (secondary N) is 1. The minimum Gasteiger partial charge on any atom is -0.491 e. The van der Waals surface area contributed by atoms with Crippen molar-refractivity contribution >= 4 is 5.91 Å². The van der Waals surface area contributed by atoms with Crippen molar-refractivity contribution in [1.82, 2.24) is 5.32 Å². The summed E-state index contributed by atoms with van der Waals surface area (Å²) in [5.41, 5.74) is 6.98. The molecule has 1 fully saturated rings. The van der Waals surface area contributed by atoms with E-state index in [-0.39, 0.29) is 23.9 Å². The summed E-state index contributed by atoms with van der Waals surface area (Å²) in [6, 6.07) is 19.6. The van der Waals surface area contributed by atoms with E-state index in [1.54, 1.807) is 0 Å². The van der Waals surface area contributed by atoms with E-state index in [0.717, 1.165) is 30.6 Å². The Morgan fingerprint density at radius 2 is 1.75 bits per heavy atom. The molecule has 3 atom stereocenters. The summed E-state index contributed by atoms with van der Waals surface area (Å²) in [5, 5.41) is 3.15. The molecule has 0 aliphatic heterocycles. The second-order valence-corrected chi connectivity index (χ2v) is 6.37. The van der Waals surface area contributed by atoms with Crippen LogP contribution in [0.2, 0.25) is 0 Å². The van der Waals surface area contributed by atoms with Gasteiger partial charge in [0.05, 0.1) is 6.04 Å². The first-order valence-electron chi connectivity index (χ1n) is 8.51. The molecule has 3 unspecified atom stereocenters. The fourth-order valence-electron chi connectivity index (χ4n) is 3.15. The van der Waals surface area contributed by atoms with Crippen molar-refractivity contribution in [2.24, 2.45) is 11.7 Å². The van der Waals surface area contributed by atoms with Gasteiger partial charge in [0.2, 0.25) is 5.91 Å². The monoisotopic (exact) mass is 324 g/mol. The molecule has 1 saturated carbocycles. The molecule has 3 N–H and O–H groups in total. The topological polar surface area (TPSA) is 64.4 Å². The van der Waals surface area contributed by atoms with Crippen LogP contribution in [0.3, 0.4) is 0 Å². The number of rotatable bonds is 6. The van der Waals surface area contributed by atoms with Gasteiger partial charge in [0, 0.05) is 12.0 Å². The van der Waals surface area contributed by atoms with E-state index >= 15 is 0 Å². The van der Waals surface area contributed by atoms with Crippen LogP contribution in [0.1, 0.15) is 30.9 Å². The predicted octanol–water partition coefficient (Wildman–Crippen LogP) is 3.05. The Hall–Kier alpha value is -2.33. The van der Waals surface area contributed by atoms with Crippen molar-refractivity contribution in [2.75, 3.05) is 6.61 Å². The van der Waals surface area contributed by atoms with E-state index in [4.69, 9.17) is 10.5 Å². The fraction of sp³-hybridized carbons (Fsp3) is 0.350. The lowest BCUT2D eigenvalue weighted by Gasteiger charge is -2.22. The number of para-hydroxylation sites is 1. The zero-order chi connectivity index (χ0) is 16.8. The number of benzene rings is 2. The Bertz CT molecular complexity index is 645. The smallest absolute Gasteiger partial charge is 0.223 e. The average Bonchev–Trinajstić information content (AvgIpc) is 3.06. The van der Waals surface area contributed by atoms with E-state index in [1.807, 2.05) is 60.7 Å². The van der Waals surface area contributed by atoms with E-state index in [0.29, 0.717) is 6.61 Å². The molecule has 4 heteroatoms. The lowest BCUT2D eigenvalue weighted by atomic mass is 10.0. The highest BCUT2D eigenvalue weighted by Gasteiger charge is 2.29. The van der Waals surface area contributed by atoms with Crippen LogP contribution in [0.4, 0.5) is 0 Å². The molecular formula is C20H24N2O2. The first-order chi connectivity index (χ1) is 11.7. The molecule has 0 saturated heterocycles. The Morgan fingerprint density at radius 3 is 2.38 bits per heavy atom. The molecular weight excluding hydrogens is 300 g/mol. The van der Waals surface area contributed by atoms with Gasteiger partial charge in [-0.05, 0) is 37.0 Å². The van der Waals surface area contributed by atoms with Gasteiger partial charge in [0.15, 0.2) is 0 Å². The highest BCUT2D eigenvalue weighted by molar-refractivity contribution is 5.79. The van der Waals surface area contributed by atoms with Crippen molar-refractivity contribution in [1.29, 1.82) is 0 Å². The molecule has 24 heavy (non-hydrogen) atoms. The Kier molecular flexibility index (Phi) is 5.49. The van der Waals surface area contributed by atoms with Crippen LogP contribution in [-0.2, 0) is 4.79 Å². The molecule has 4 nitrogen and oxygen atoms in total. The van der Waals surface area contributed by atoms with Gasteiger partial charge >= 0.3 is 0 Å². The molecule has 2 aromatic carbocycles. The van der Waals surface area contributed by atoms with Crippen LogP contribution in [0.25, 0.3) is 0 Å². The maximum absolute atomic E-state index is 12.6. The number of ether oxygens (including phenoxy) is 1. The quantitative estimate of drug-likeness (QED) is 0.858. The summed E-state index contributed by atoms with van der Waals surface area (Å²) in [7, 11) is 0. The van der Waals surface area contributed by atoms with Crippen LogP contribution < -0.4 is 15.8 Å². The van der Waals surface area contributed by atoms with Gasteiger partial charge in [0.25, 0.3) is 0 Å². The molecule has 0 bridgehead atoms. The minimum atomic E-state index is -0.171. The number of hydrogen-bond acceptors (Lipinski definition) is 3. The third-order valence-electron chi connectivity index (χ3n) is 4.52. The van der Waals surface area contributed by atoms with Crippen molar-refractivity contribution in [3.63, 3.8) is 0 Å². The first-order valence-corrected chi connectivity index (χ1v) is 8.51. The number of hydrogen-bond donors (Lipinski definition) is 2. The van der Waals surface area contributed by atoms with Gasteiger partial charge in [-0.3, -0.25) is 4.79 Å². The molecule has 2 aromatic rings. The van der Waals surface area contributed by atoms with Gasteiger partial charge in [-0.1, -0.05) is 48.5 Å². The van der Waals surface area contributed by atoms with Crippen LogP contribution in [0, 0.1) is 5.92 Å². The molecule has 1 amide bonds. The summed E-state index contributed by atoms with van der Waals surface area (Å²) in [4.78, 5) is 12.6. The molecule has 1 aliphatic rings. The number of nitrogens with two attached hydrogens (primary N) is 1. The van der Waals surface area contributed by atoms with Gasteiger partial charge < -0.3 is 15.8 Å². The average molecular weight is 324 g/mol. The zero-order valence-electron chi connectivity index (χ0n) is 13.7. The van der Waals surface area contributed by atoms with E-state index in [9.17, 15) is 4.79 Å². The third kappa shape index (κ3) is 4.36. The molecule has 0 heterocycles. The predicted molar refractivity (Wildman–Crippen MR) is 94.6 cm³/mol. The van der Waals surface area contributed by atoms with Crippen molar-refractivity contribution in [3.05, 3.63) is 66.2 Å². The lowest BCUT2D eigenvalue weighted by molar-refractivity contribution is -0.125. The molecule has 126 valence electrons. The highest BCUT2D eigenvalue weighted by Crippen LogP contribution is 2.25. The SMILES string of the molecule is NC1CCC(C(=O)NC(COc2ccccc2)c2ccccc2)C1. The van der Waals surface area contributed by atoms with E-state index in [2.05, 4.69) is 5.32 Å².